The van der Waals surface area contributed by atoms with Crippen LogP contribution >= 0.6 is 0 Å². The molecule has 6 heteroatoms. The molecule has 0 spiro atoms. The molecule has 1 aliphatic rings. The second-order valence-electron chi connectivity index (χ2n) is 7.84. The van der Waals surface area contributed by atoms with Gasteiger partial charge >= 0.3 is 11.9 Å². The molecule has 1 atom stereocenters. The Morgan fingerprint density at radius 3 is 2.38 bits per heavy atom. The van der Waals surface area contributed by atoms with Gasteiger partial charge in [-0.1, -0.05) is 12.1 Å². The highest BCUT2D eigenvalue weighted by Crippen LogP contribution is 2.28. The van der Waals surface area contributed by atoms with Gasteiger partial charge in [0.05, 0.1) is 12.7 Å². The summed E-state index contributed by atoms with van der Waals surface area (Å²) in [6.45, 7) is 5.49. The smallest absolute Gasteiger partial charge is 0.338 e. The summed E-state index contributed by atoms with van der Waals surface area (Å²) in [6, 6.07) is 10.9. The molecule has 0 radical (unpaired) electrons. The molecule has 0 N–H and O–H groups in total. The van der Waals surface area contributed by atoms with Crippen LogP contribution < -0.4 is 0 Å². The van der Waals surface area contributed by atoms with Gasteiger partial charge in [-0.25, -0.2) is 9.59 Å². The highest BCUT2D eigenvalue weighted by atomic mass is 16.6. The molecule has 0 saturated carbocycles. The fraction of sp³-hybridized carbons (Fsp3) is 0.304. The molecule has 1 unspecified atom stereocenters. The maximum atomic E-state index is 12.8. The minimum atomic E-state index is -1.10. The van der Waals surface area contributed by atoms with Crippen LogP contribution in [0.5, 0.6) is 0 Å². The van der Waals surface area contributed by atoms with Crippen molar-refractivity contribution < 1.29 is 19.1 Å². The maximum Gasteiger partial charge on any atom is 0.338 e. The predicted molar refractivity (Wildman–Crippen MR) is 111 cm³/mol. The average molecular weight is 392 g/mol. The second kappa shape index (κ2) is 7.99. The molecule has 29 heavy (non-hydrogen) atoms. The topological polar surface area (TPSA) is 77.8 Å². The first kappa shape index (κ1) is 20.5. The van der Waals surface area contributed by atoms with Crippen LogP contribution in [0.2, 0.25) is 0 Å². The molecule has 1 aromatic heterocycles. The van der Waals surface area contributed by atoms with Crippen LogP contribution in [0, 0.1) is 0 Å². The Kier molecular flexibility index (Phi) is 5.64. The van der Waals surface area contributed by atoms with E-state index in [1.165, 1.54) is 7.11 Å². The fourth-order valence-corrected chi connectivity index (χ4v) is 3.03. The summed E-state index contributed by atoms with van der Waals surface area (Å²) in [5.74, 6) is -0.776. The molecule has 0 amide bonds. The third kappa shape index (κ3) is 4.77. The third-order valence-corrected chi connectivity index (χ3v) is 4.42. The summed E-state index contributed by atoms with van der Waals surface area (Å²) < 4.78 is 10.3. The predicted octanol–water partition coefficient (Wildman–Crippen LogP) is 3.80. The van der Waals surface area contributed by atoms with Gasteiger partial charge in [0.1, 0.15) is 5.60 Å². The number of carbonyl (C=O) groups excluding carboxylic acids is 2. The number of methoxy groups -OCH3 is 1. The molecule has 0 fully saturated rings. The van der Waals surface area contributed by atoms with Crippen LogP contribution in [0.4, 0.5) is 0 Å². The van der Waals surface area contributed by atoms with Gasteiger partial charge in [0.2, 0.25) is 0 Å². The summed E-state index contributed by atoms with van der Waals surface area (Å²) in [4.78, 5) is 33.2. The number of nitrogens with zero attached hydrogens (tertiary/aromatic N) is 2. The van der Waals surface area contributed by atoms with Crippen molar-refractivity contribution in [1.82, 2.24) is 4.98 Å². The fourth-order valence-electron chi connectivity index (χ4n) is 3.03. The third-order valence-electron chi connectivity index (χ3n) is 4.42. The largest absolute Gasteiger partial charge is 0.465 e. The Balaban J connectivity index is 1.85. The van der Waals surface area contributed by atoms with Crippen LogP contribution in [0.15, 0.2) is 59.7 Å². The number of rotatable bonds is 5. The zero-order valence-electron chi connectivity index (χ0n) is 17.0. The van der Waals surface area contributed by atoms with Gasteiger partial charge in [-0.05, 0) is 68.3 Å². The number of allylic oxidation sites excluding steroid dienone is 1. The number of carbonyl (C=O) groups is 2. The molecule has 3 rings (SSSR count). The second-order valence-corrected chi connectivity index (χ2v) is 7.84. The molecule has 0 bridgehead atoms. The van der Waals surface area contributed by atoms with E-state index in [9.17, 15) is 9.59 Å². The number of hydrogen-bond acceptors (Lipinski definition) is 6. The number of aliphatic imine (C=N–C) groups is 1. The quantitative estimate of drug-likeness (QED) is 0.724. The molecular weight excluding hydrogens is 368 g/mol. The SMILES string of the molecule is COC(=O)c1ccc(-c2ccnc(CC3(C(=O)OC(C)(C)C)C=CC=N3)c2)cc1. The van der Waals surface area contributed by atoms with Crippen LogP contribution in [0.1, 0.15) is 36.8 Å². The van der Waals surface area contributed by atoms with Crippen LogP contribution in [0.3, 0.4) is 0 Å². The van der Waals surface area contributed by atoms with Crippen molar-refractivity contribution in [2.75, 3.05) is 7.11 Å². The van der Waals surface area contributed by atoms with E-state index < -0.39 is 17.1 Å². The van der Waals surface area contributed by atoms with Crippen molar-refractivity contribution in [2.24, 2.45) is 4.99 Å². The van der Waals surface area contributed by atoms with Crippen LogP contribution in [-0.2, 0) is 20.7 Å². The number of esters is 2. The number of benzene rings is 1. The standard InChI is InChI=1S/C23H24N2O4/c1-22(2,3)29-21(27)23(11-5-12-25-23)15-19-14-18(10-13-24-19)16-6-8-17(9-7-16)20(26)28-4/h5-14H,15H2,1-4H3. The monoisotopic (exact) mass is 392 g/mol. The summed E-state index contributed by atoms with van der Waals surface area (Å²) in [6.07, 6.45) is 7.10. The number of pyridine rings is 1. The van der Waals surface area contributed by atoms with Crippen molar-refractivity contribution in [2.45, 2.75) is 38.3 Å². The Bertz CT molecular complexity index is 957. The van der Waals surface area contributed by atoms with Gasteiger partial charge in [-0.15, -0.1) is 0 Å². The number of ether oxygens (including phenoxy) is 2. The highest BCUT2D eigenvalue weighted by Gasteiger charge is 2.41. The minimum Gasteiger partial charge on any atom is -0.465 e. The van der Waals surface area contributed by atoms with Gasteiger partial charge in [0, 0.05) is 24.5 Å². The first-order valence-electron chi connectivity index (χ1n) is 9.33. The number of hydrogen-bond donors (Lipinski definition) is 0. The molecule has 0 aliphatic carbocycles. The number of aromatic nitrogens is 1. The van der Waals surface area contributed by atoms with Gasteiger partial charge in [0.15, 0.2) is 5.54 Å². The van der Waals surface area contributed by atoms with Gasteiger partial charge in [0.25, 0.3) is 0 Å². The zero-order valence-corrected chi connectivity index (χ0v) is 17.0. The molecule has 6 nitrogen and oxygen atoms in total. The van der Waals surface area contributed by atoms with Gasteiger partial charge in [-0.2, -0.15) is 0 Å². The van der Waals surface area contributed by atoms with E-state index in [1.54, 1.807) is 36.7 Å². The summed E-state index contributed by atoms with van der Waals surface area (Å²) in [7, 11) is 1.35. The molecular formula is C23H24N2O4. The van der Waals surface area contributed by atoms with E-state index in [0.717, 1.165) is 11.1 Å². The van der Waals surface area contributed by atoms with Crippen molar-refractivity contribution in [3.63, 3.8) is 0 Å². The molecule has 2 heterocycles. The van der Waals surface area contributed by atoms with E-state index in [1.807, 2.05) is 45.0 Å². The lowest BCUT2D eigenvalue weighted by Crippen LogP contribution is -2.41. The molecule has 1 aromatic carbocycles. The zero-order chi connectivity index (χ0) is 21.1. The Morgan fingerprint density at radius 1 is 1.07 bits per heavy atom. The van der Waals surface area contributed by atoms with Crippen molar-refractivity contribution in [1.29, 1.82) is 0 Å². The van der Waals surface area contributed by atoms with Crippen LogP contribution in [0.25, 0.3) is 11.1 Å². The first-order valence-corrected chi connectivity index (χ1v) is 9.33. The summed E-state index contributed by atoms with van der Waals surface area (Å²) in [5.41, 5.74) is 1.35. The molecule has 2 aromatic rings. The lowest BCUT2D eigenvalue weighted by molar-refractivity contribution is -0.159. The Hall–Kier alpha value is -3.28. The van der Waals surface area contributed by atoms with E-state index in [0.29, 0.717) is 17.7 Å². The van der Waals surface area contributed by atoms with Crippen LogP contribution in [-0.4, -0.2) is 41.4 Å². The molecule has 1 aliphatic heterocycles. The van der Waals surface area contributed by atoms with Crippen molar-refractivity contribution in [3.05, 3.63) is 66.0 Å². The van der Waals surface area contributed by atoms with Crippen molar-refractivity contribution in [3.8, 4) is 11.1 Å². The van der Waals surface area contributed by atoms with Gasteiger partial charge < -0.3 is 9.47 Å². The Morgan fingerprint density at radius 2 is 1.79 bits per heavy atom. The average Bonchev–Trinajstić information content (AvgIpc) is 3.16. The summed E-state index contributed by atoms with van der Waals surface area (Å²) >= 11 is 0. The first-order chi connectivity index (χ1) is 13.7. The van der Waals surface area contributed by atoms with Gasteiger partial charge in [-0.3, -0.25) is 9.98 Å². The lowest BCUT2D eigenvalue weighted by atomic mass is 9.93. The Labute approximate surface area is 170 Å². The maximum absolute atomic E-state index is 12.8. The summed E-state index contributed by atoms with van der Waals surface area (Å²) in [5, 5.41) is 0. The van der Waals surface area contributed by atoms with E-state index in [4.69, 9.17) is 9.47 Å². The lowest BCUT2D eigenvalue weighted by Gasteiger charge is -2.28. The highest BCUT2D eigenvalue weighted by molar-refractivity contribution is 5.92. The van der Waals surface area contributed by atoms with E-state index in [2.05, 4.69) is 9.98 Å². The van der Waals surface area contributed by atoms with E-state index >= 15 is 0 Å². The normalized spacial score (nSPS) is 17.9. The van der Waals surface area contributed by atoms with E-state index in [-0.39, 0.29) is 5.97 Å². The van der Waals surface area contributed by atoms with Crippen molar-refractivity contribution >= 4 is 18.2 Å². The molecule has 150 valence electrons. The minimum absolute atomic E-state index is 0.295. The molecule has 0 saturated heterocycles.